The molecule has 0 atom stereocenters. The zero-order valence-corrected chi connectivity index (χ0v) is 17.5. The number of esters is 1. The van der Waals surface area contributed by atoms with Gasteiger partial charge in [-0.2, -0.15) is 5.10 Å². The molecule has 0 radical (unpaired) electrons. The molecule has 2 aromatic carbocycles. The highest BCUT2D eigenvalue weighted by Crippen LogP contribution is 2.15. The Morgan fingerprint density at radius 3 is 2.40 bits per heavy atom. The van der Waals surface area contributed by atoms with Crippen LogP contribution in [0.3, 0.4) is 0 Å². The number of ketones is 1. The lowest BCUT2D eigenvalue weighted by Crippen LogP contribution is -2.27. The van der Waals surface area contributed by atoms with Crippen molar-refractivity contribution in [2.24, 2.45) is 0 Å². The van der Waals surface area contributed by atoms with Crippen LogP contribution >= 0.6 is 11.6 Å². The summed E-state index contributed by atoms with van der Waals surface area (Å²) in [7, 11) is 0. The third-order valence-corrected chi connectivity index (χ3v) is 5.04. The number of nitrogens with zero attached hydrogens (tertiary/aromatic N) is 2. The minimum absolute atomic E-state index is 0.0320. The van der Waals surface area contributed by atoms with Gasteiger partial charge in [0.1, 0.15) is 0 Å². The quantitative estimate of drug-likeness (QED) is 0.282. The summed E-state index contributed by atoms with van der Waals surface area (Å²) in [6, 6.07) is 13.1. The molecule has 3 aromatic rings. The number of aryl methyl sites for hydroxylation is 1. The minimum Gasteiger partial charge on any atom is -0.452 e. The maximum atomic E-state index is 12.7. The summed E-state index contributed by atoms with van der Waals surface area (Å²) in [6.45, 7) is 2.11. The monoisotopic (exact) mass is 426 g/mol. The highest BCUT2D eigenvalue weighted by atomic mass is 35.5. The van der Waals surface area contributed by atoms with Crippen molar-refractivity contribution in [1.82, 2.24) is 9.78 Å². The molecule has 0 aliphatic carbocycles. The largest absolute Gasteiger partial charge is 0.452 e. The first-order valence-electron chi connectivity index (χ1n) is 9.97. The molecule has 1 heterocycles. The van der Waals surface area contributed by atoms with Crippen LogP contribution in [0.25, 0.3) is 10.8 Å². The lowest BCUT2D eigenvalue weighted by molar-refractivity contribution is 0.0468. The highest BCUT2D eigenvalue weighted by molar-refractivity contribution is 6.30. The van der Waals surface area contributed by atoms with E-state index in [1.165, 1.54) is 4.68 Å². The van der Waals surface area contributed by atoms with E-state index in [0.717, 1.165) is 25.7 Å². The van der Waals surface area contributed by atoms with E-state index in [0.29, 0.717) is 27.9 Å². The maximum Gasteiger partial charge on any atom is 0.359 e. The van der Waals surface area contributed by atoms with E-state index in [-0.39, 0.29) is 17.0 Å². The number of benzene rings is 2. The Morgan fingerprint density at radius 2 is 1.70 bits per heavy atom. The van der Waals surface area contributed by atoms with Crippen LogP contribution in [-0.2, 0) is 11.3 Å². The zero-order chi connectivity index (χ0) is 21.5. The molecule has 0 fully saturated rings. The van der Waals surface area contributed by atoms with E-state index in [2.05, 4.69) is 12.0 Å². The molecule has 0 spiro atoms. The molecule has 0 unspecified atom stereocenters. The molecular weight excluding hydrogens is 404 g/mol. The number of unbranched alkanes of at least 4 members (excludes halogenated alkanes) is 3. The number of fused-ring (bicyclic) bond motifs is 1. The Bertz CT molecular complexity index is 1110. The van der Waals surface area contributed by atoms with Gasteiger partial charge in [0.25, 0.3) is 5.56 Å². The standard InChI is InChI=1S/C23H23ClN2O4/c1-2-3-4-7-14-26-22(28)19-9-6-5-8-18(19)21(25-26)23(29)30-15-20(27)16-10-12-17(24)13-11-16/h5-6,8-13H,2-4,7,14-15H2,1H3. The number of ether oxygens (including phenoxy) is 1. The predicted molar refractivity (Wildman–Crippen MR) is 116 cm³/mol. The van der Waals surface area contributed by atoms with Gasteiger partial charge in [-0.3, -0.25) is 9.59 Å². The third-order valence-electron chi connectivity index (χ3n) is 4.79. The molecular formula is C23H23ClN2O4. The second-order valence-electron chi connectivity index (χ2n) is 6.99. The van der Waals surface area contributed by atoms with Crippen molar-refractivity contribution in [3.63, 3.8) is 0 Å². The first-order chi connectivity index (χ1) is 14.5. The van der Waals surface area contributed by atoms with E-state index >= 15 is 0 Å². The molecule has 1 aromatic heterocycles. The lowest BCUT2D eigenvalue weighted by atomic mass is 10.1. The summed E-state index contributed by atoms with van der Waals surface area (Å²) >= 11 is 5.83. The molecule has 0 aliphatic heterocycles. The smallest absolute Gasteiger partial charge is 0.359 e. The molecule has 30 heavy (non-hydrogen) atoms. The first-order valence-corrected chi connectivity index (χ1v) is 10.3. The zero-order valence-electron chi connectivity index (χ0n) is 16.8. The number of hydrogen-bond acceptors (Lipinski definition) is 5. The van der Waals surface area contributed by atoms with E-state index in [1.54, 1.807) is 48.5 Å². The van der Waals surface area contributed by atoms with Crippen LogP contribution < -0.4 is 5.56 Å². The number of hydrogen-bond donors (Lipinski definition) is 0. The van der Waals surface area contributed by atoms with Gasteiger partial charge in [-0.1, -0.05) is 56.0 Å². The third kappa shape index (κ3) is 5.13. The average Bonchev–Trinajstić information content (AvgIpc) is 2.76. The summed E-state index contributed by atoms with van der Waals surface area (Å²) in [5.74, 6) is -1.09. The van der Waals surface area contributed by atoms with Crippen molar-refractivity contribution in [3.05, 3.63) is 75.2 Å². The first kappa shape index (κ1) is 21.7. The highest BCUT2D eigenvalue weighted by Gasteiger charge is 2.19. The van der Waals surface area contributed by atoms with Gasteiger partial charge in [0.2, 0.25) is 0 Å². The Morgan fingerprint density at radius 1 is 1.00 bits per heavy atom. The summed E-state index contributed by atoms with van der Waals surface area (Å²) in [5.41, 5.74) is 0.186. The Balaban J connectivity index is 1.81. The number of carbonyl (C=O) groups is 2. The Hall–Kier alpha value is -2.99. The van der Waals surface area contributed by atoms with E-state index in [4.69, 9.17) is 16.3 Å². The Labute approximate surface area is 179 Å². The summed E-state index contributed by atoms with van der Waals surface area (Å²) in [4.78, 5) is 37.7. The van der Waals surface area contributed by atoms with Crippen LogP contribution in [0.1, 0.15) is 53.5 Å². The van der Waals surface area contributed by atoms with Crippen molar-refractivity contribution in [3.8, 4) is 0 Å². The van der Waals surface area contributed by atoms with Crippen molar-refractivity contribution < 1.29 is 14.3 Å². The molecule has 0 N–H and O–H groups in total. The summed E-state index contributed by atoms with van der Waals surface area (Å²) < 4.78 is 6.54. The molecule has 156 valence electrons. The molecule has 0 amide bonds. The van der Waals surface area contributed by atoms with Crippen LogP contribution in [-0.4, -0.2) is 28.1 Å². The molecule has 0 saturated carbocycles. The summed E-state index contributed by atoms with van der Waals surface area (Å²) in [6.07, 6.45) is 3.93. The second kappa shape index (κ2) is 10.2. The van der Waals surface area contributed by atoms with Crippen LogP contribution in [0, 0.1) is 0 Å². The maximum absolute atomic E-state index is 12.7. The molecule has 0 aliphatic rings. The fraction of sp³-hybridized carbons (Fsp3) is 0.304. The van der Waals surface area contributed by atoms with Crippen molar-refractivity contribution >= 4 is 34.1 Å². The van der Waals surface area contributed by atoms with Crippen LogP contribution in [0.2, 0.25) is 5.02 Å². The van der Waals surface area contributed by atoms with E-state index in [9.17, 15) is 14.4 Å². The second-order valence-corrected chi connectivity index (χ2v) is 7.43. The van der Waals surface area contributed by atoms with E-state index < -0.39 is 12.6 Å². The number of carbonyl (C=O) groups excluding carboxylic acids is 2. The van der Waals surface area contributed by atoms with Gasteiger partial charge in [0, 0.05) is 22.5 Å². The average molecular weight is 427 g/mol. The van der Waals surface area contributed by atoms with Crippen molar-refractivity contribution in [1.29, 1.82) is 0 Å². The van der Waals surface area contributed by atoms with Gasteiger partial charge in [0.05, 0.1) is 5.39 Å². The van der Waals surface area contributed by atoms with Crippen molar-refractivity contribution in [2.45, 2.75) is 39.2 Å². The predicted octanol–water partition coefficient (Wildman–Crippen LogP) is 4.67. The number of rotatable bonds is 9. The van der Waals surface area contributed by atoms with Gasteiger partial charge in [-0.15, -0.1) is 0 Å². The van der Waals surface area contributed by atoms with Crippen molar-refractivity contribution in [2.75, 3.05) is 6.61 Å². The Kier molecular flexibility index (Phi) is 7.36. The number of Topliss-reactive ketones (excluding diaryl/α,β-unsaturated/α-hetero) is 1. The van der Waals surface area contributed by atoms with E-state index in [1.807, 2.05) is 0 Å². The summed E-state index contributed by atoms with van der Waals surface area (Å²) in [5, 5.41) is 5.59. The fourth-order valence-electron chi connectivity index (χ4n) is 3.14. The normalized spacial score (nSPS) is 10.9. The molecule has 0 bridgehead atoms. The molecule has 6 nitrogen and oxygen atoms in total. The van der Waals surface area contributed by atoms with Gasteiger partial charge < -0.3 is 4.74 Å². The topological polar surface area (TPSA) is 78.3 Å². The van der Waals surface area contributed by atoms with Gasteiger partial charge in [-0.05, 0) is 36.8 Å². The van der Waals surface area contributed by atoms with Gasteiger partial charge in [0.15, 0.2) is 18.1 Å². The van der Waals surface area contributed by atoms with Crippen LogP contribution in [0.15, 0.2) is 53.3 Å². The molecule has 0 saturated heterocycles. The molecule has 7 heteroatoms. The lowest BCUT2D eigenvalue weighted by Gasteiger charge is -2.11. The number of aromatic nitrogens is 2. The molecule has 3 rings (SSSR count). The minimum atomic E-state index is -0.740. The SMILES string of the molecule is CCCCCCn1nc(C(=O)OCC(=O)c2ccc(Cl)cc2)c2ccccc2c1=O. The van der Waals surface area contributed by atoms with Gasteiger partial charge >= 0.3 is 5.97 Å². The van der Waals surface area contributed by atoms with Crippen LogP contribution in [0.5, 0.6) is 0 Å². The van der Waals surface area contributed by atoms with Gasteiger partial charge in [-0.25, -0.2) is 9.48 Å². The fourth-order valence-corrected chi connectivity index (χ4v) is 3.27. The number of halogens is 1. The van der Waals surface area contributed by atoms with Crippen LogP contribution in [0.4, 0.5) is 0 Å².